The van der Waals surface area contributed by atoms with E-state index in [-0.39, 0.29) is 23.1 Å². The molecule has 0 atom stereocenters. The topological polar surface area (TPSA) is 133 Å². The van der Waals surface area contributed by atoms with Crippen LogP contribution in [-0.4, -0.2) is 29.7 Å². The second kappa shape index (κ2) is 11.1. The molecule has 2 aromatic carbocycles. The molecule has 204 valence electrons. The number of anilines is 1. The fraction of sp³-hybridized carbons (Fsp3) is 0.281. The smallest absolute Gasteiger partial charge is 0.255 e. The van der Waals surface area contributed by atoms with E-state index < -0.39 is 5.41 Å². The highest BCUT2D eigenvalue weighted by Gasteiger charge is 2.44. The van der Waals surface area contributed by atoms with Crippen molar-refractivity contribution in [2.24, 2.45) is 16.1 Å². The normalized spacial score (nSPS) is 14.7. The summed E-state index contributed by atoms with van der Waals surface area (Å²) in [6, 6.07) is 19.2. The van der Waals surface area contributed by atoms with Crippen LogP contribution in [0.15, 0.2) is 71.9 Å². The quantitative estimate of drug-likeness (QED) is 0.263. The number of hydrogen-bond acceptors (Lipinski definition) is 5. The number of aromatic nitrogens is 1. The molecule has 4 rings (SSSR count). The number of nitrogens with two attached hydrogens (primary N) is 1. The number of amidine groups is 1. The van der Waals surface area contributed by atoms with Crippen LogP contribution in [0.2, 0.25) is 0 Å². The molecule has 1 heterocycles. The van der Waals surface area contributed by atoms with Gasteiger partial charge in [-0.3, -0.25) is 14.6 Å². The van der Waals surface area contributed by atoms with Gasteiger partial charge in [0, 0.05) is 41.7 Å². The lowest BCUT2D eigenvalue weighted by atomic mass is 9.90. The van der Waals surface area contributed by atoms with E-state index in [2.05, 4.69) is 26.7 Å². The van der Waals surface area contributed by atoms with E-state index in [0.29, 0.717) is 16.9 Å². The van der Waals surface area contributed by atoms with E-state index >= 15 is 0 Å². The molecule has 8 heteroatoms. The highest BCUT2D eigenvalue weighted by Crippen LogP contribution is 2.46. The number of pyridine rings is 1. The SMILES string of the molecule is CN/C(=C\C(N)=NC(=O)C1(C)CC1)c1cccc(-c2cc(NC(=O)c3ccnc(C(C)(C)C#N)c3)ccc2C)c1. The number of aryl methyl sites for hydroxylation is 1. The van der Waals surface area contributed by atoms with Crippen molar-refractivity contribution in [3.8, 4) is 17.2 Å². The largest absolute Gasteiger partial charge is 0.388 e. The summed E-state index contributed by atoms with van der Waals surface area (Å²) in [7, 11) is 1.79. The fourth-order valence-electron chi connectivity index (χ4n) is 4.17. The summed E-state index contributed by atoms with van der Waals surface area (Å²) in [6.45, 7) is 7.44. The van der Waals surface area contributed by atoms with Crippen LogP contribution in [-0.2, 0) is 10.2 Å². The minimum atomic E-state index is -0.805. The van der Waals surface area contributed by atoms with Crippen molar-refractivity contribution in [1.82, 2.24) is 10.3 Å². The number of carbonyl (C=O) groups is 2. The van der Waals surface area contributed by atoms with Gasteiger partial charge >= 0.3 is 0 Å². The Labute approximate surface area is 235 Å². The molecule has 0 aliphatic heterocycles. The lowest BCUT2D eigenvalue weighted by molar-refractivity contribution is -0.122. The zero-order valence-corrected chi connectivity index (χ0v) is 23.5. The predicted octanol–water partition coefficient (Wildman–Crippen LogP) is 5.35. The van der Waals surface area contributed by atoms with Crippen molar-refractivity contribution < 1.29 is 9.59 Å². The van der Waals surface area contributed by atoms with Gasteiger partial charge in [0.05, 0.1) is 17.2 Å². The number of hydrogen-bond donors (Lipinski definition) is 3. The van der Waals surface area contributed by atoms with E-state index in [0.717, 1.165) is 40.8 Å². The van der Waals surface area contributed by atoms with Gasteiger partial charge in [-0.15, -0.1) is 0 Å². The zero-order valence-electron chi connectivity index (χ0n) is 23.5. The molecule has 3 aromatic rings. The first-order valence-electron chi connectivity index (χ1n) is 13.1. The van der Waals surface area contributed by atoms with Gasteiger partial charge < -0.3 is 16.4 Å². The van der Waals surface area contributed by atoms with Crippen LogP contribution < -0.4 is 16.4 Å². The first-order chi connectivity index (χ1) is 19.0. The summed E-state index contributed by atoms with van der Waals surface area (Å²) in [4.78, 5) is 33.7. The third kappa shape index (κ3) is 6.26. The van der Waals surface area contributed by atoms with E-state index in [4.69, 9.17) is 5.73 Å². The summed E-state index contributed by atoms with van der Waals surface area (Å²) in [5.41, 5.74) is 11.1. The van der Waals surface area contributed by atoms with Crippen LogP contribution in [0.25, 0.3) is 16.8 Å². The highest BCUT2D eigenvalue weighted by molar-refractivity contribution is 6.06. The summed E-state index contributed by atoms with van der Waals surface area (Å²) in [5, 5.41) is 15.5. The first-order valence-corrected chi connectivity index (χ1v) is 13.1. The molecule has 1 saturated carbocycles. The van der Waals surface area contributed by atoms with E-state index in [1.807, 2.05) is 56.3 Å². The molecule has 1 aromatic heterocycles. The second-order valence-electron chi connectivity index (χ2n) is 10.9. The van der Waals surface area contributed by atoms with Crippen LogP contribution in [0.4, 0.5) is 5.69 Å². The van der Waals surface area contributed by atoms with Gasteiger partial charge in [0.2, 0.25) is 0 Å². The van der Waals surface area contributed by atoms with Crippen LogP contribution in [0.3, 0.4) is 0 Å². The molecular weight excluding hydrogens is 500 g/mol. The number of benzene rings is 2. The minimum Gasteiger partial charge on any atom is -0.388 e. The van der Waals surface area contributed by atoms with Crippen molar-refractivity contribution >= 4 is 29.0 Å². The molecule has 0 unspecified atom stereocenters. The molecule has 4 N–H and O–H groups in total. The Morgan fingerprint density at radius 2 is 1.88 bits per heavy atom. The highest BCUT2D eigenvalue weighted by atomic mass is 16.2. The number of nitriles is 1. The second-order valence-corrected chi connectivity index (χ2v) is 10.9. The van der Waals surface area contributed by atoms with Gasteiger partial charge in [0.25, 0.3) is 11.8 Å². The molecule has 0 saturated heterocycles. The van der Waals surface area contributed by atoms with E-state index in [1.54, 1.807) is 45.3 Å². The van der Waals surface area contributed by atoms with E-state index in [9.17, 15) is 14.9 Å². The molecule has 8 nitrogen and oxygen atoms in total. The van der Waals surface area contributed by atoms with Crippen LogP contribution >= 0.6 is 0 Å². The van der Waals surface area contributed by atoms with Gasteiger partial charge in [-0.1, -0.05) is 31.2 Å². The molecule has 1 fully saturated rings. The summed E-state index contributed by atoms with van der Waals surface area (Å²) in [6.07, 6.45) is 4.90. The number of rotatable bonds is 8. The van der Waals surface area contributed by atoms with Crippen molar-refractivity contribution in [3.05, 3.63) is 89.3 Å². The molecular formula is C32H34N6O2. The maximum atomic E-state index is 13.1. The Hall–Kier alpha value is -4.77. The van der Waals surface area contributed by atoms with Gasteiger partial charge in [0.15, 0.2) is 0 Å². The van der Waals surface area contributed by atoms with Gasteiger partial charge in [0.1, 0.15) is 5.84 Å². The lowest BCUT2D eigenvalue weighted by Crippen LogP contribution is -2.18. The third-order valence-electron chi connectivity index (χ3n) is 7.23. The molecule has 0 spiro atoms. The van der Waals surface area contributed by atoms with Crippen molar-refractivity contribution in [1.29, 1.82) is 5.26 Å². The summed E-state index contributed by atoms with van der Waals surface area (Å²) >= 11 is 0. The third-order valence-corrected chi connectivity index (χ3v) is 7.23. The predicted molar refractivity (Wildman–Crippen MR) is 158 cm³/mol. The van der Waals surface area contributed by atoms with Crippen molar-refractivity contribution in [2.75, 3.05) is 12.4 Å². The molecule has 1 aliphatic carbocycles. The molecule has 1 aliphatic rings. The lowest BCUT2D eigenvalue weighted by Gasteiger charge is -2.16. The fourth-order valence-corrected chi connectivity index (χ4v) is 4.17. The molecule has 0 bridgehead atoms. The molecule has 2 amide bonds. The first kappa shape index (κ1) is 28.2. The number of amides is 2. The Balaban J connectivity index is 1.59. The van der Waals surface area contributed by atoms with Gasteiger partial charge in [-0.25, -0.2) is 0 Å². The van der Waals surface area contributed by atoms with Crippen LogP contribution in [0, 0.1) is 23.7 Å². The Bertz CT molecular complexity index is 1570. The average molecular weight is 535 g/mol. The van der Waals surface area contributed by atoms with Crippen LogP contribution in [0.5, 0.6) is 0 Å². The minimum absolute atomic E-state index is 0.159. The standard InChI is InChI=1S/C32H34N6O2/c1-20-9-10-24(37-29(39)23-11-14-36-27(16-23)31(2,3)19-33)17-25(20)21-7-6-8-22(15-21)26(35-5)18-28(34)38-30(40)32(4)12-13-32/h6-11,14-18,35H,12-13H2,1-5H3,(H,37,39)(H2,34,38,40)/b26-18-. The maximum absolute atomic E-state index is 13.1. The maximum Gasteiger partial charge on any atom is 0.255 e. The Morgan fingerprint density at radius 1 is 1.12 bits per heavy atom. The molecule has 0 radical (unpaired) electrons. The average Bonchev–Trinajstić information content (AvgIpc) is 3.71. The zero-order chi connectivity index (χ0) is 29.1. The number of carbonyl (C=O) groups excluding carboxylic acids is 2. The van der Waals surface area contributed by atoms with Crippen molar-refractivity contribution in [3.63, 3.8) is 0 Å². The summed E-state index contributed by atoms with van der Waals surface area (Å²) < 4.78 is 0. The monoisotopic (exact) mass is 534 g/mol. The van der Waals surface area contributed by atoms with E-state index in [1.165, 1.54) is 0 Å². The Morgan fingerprint density at radius 3 is 2.55 bits per heavy atom. The summed E-state index contributed by atoms with van der Waals surface area (Å²) in [5.74, 6) is -0.311. The molecule has 40 heavy (non-hydrogen) atoms. The van der Waals surface area contributed by atoms with Crippen LogP contribution in [0.1, 0.15) is 60.8 Å². The van der Waals surface area contributed by atoms with Crippen molar-refractivity contribution in [2.45, 2.75) is 46.0 Å². The number of aliphatic imine (C=N–C) groups is 1. The Kier molecular flexibility index (Phi) is 7.87. The number of nitrogens with one attached hydrogen (secondary N) is 2. The van der Waals surface area contributed by atoms with Gasteiger partial charge in [-0.05, 0) is 86.2 Å². The number of nitrogens with zero attached hydrogens (tertiary/aromatic N) is 3. The van der Waals surface area contributed by atoms with Gasteiger partial charge in [-0.2, -0.15) is 10.3 Å².